The molecule has 0 saturated heterocycles. The summed E-state index contributed by atoms with van der Waals surface area (Å²) in [6, 6.07) is 8.91. The average molecular weight is 449 g/mol. The van der Waals surface area contributed by atoms with Gasteiger partial charge in [0.15, 0.2) is 17.5 Å². The number of aliphatic imine (C=N–C) groups is 1. The molecule has 0 aliphatic rings. The Balaban J connectivity index is 1.91. The molecule has 1 aromatic carbocycles. The molecular weight excluding hydrogens is 425 g/mol. The van der Waals surface area contributed by atoms with Crippen LogP contribution >= 0.6 is 0 Å². The third kappa shape index (κ3) is 4.86. The molecule has 0 fully saturated rings. The van der Waals surface area contributed by atoms with E-state index in [9.17, 15) is 14.8 Å². The lowest BCUT2D eigenvalue weighted by Crippen LogP contribution is -2.30. The number of rotatable bonds is 7. The number of aliphatic hydroxyl groups is 1. The van der Waals surface area contributed by atoms with E-state index in [2.05, 4.69) is 31.2 Å². The van der Waals surface area contributed by atoms with Crippen LogP contribution in [0.4, 0.5) is 10.2 Å². The fraction of sp³-hybridized carbons (Fsp3) is 0.273. The minimum atomic E-state index is -0.877. The molecule has 0 aliphatic carbocycles. The number of benzene rings is 1. The van der Waals surface area contributed by atoms with Crippen molar-refractivity contribution < 1.29 is 9.50 Å². The Kier molecular flexibility index (Phi) is 6.79. The number of hydrogen-bond acceptors (Lipinski definition) is 9. The molecule has 3 aromatic rings. The number of nitriles is 1. The van der Waals surface area contributed by atoms with Crippen molar-refractivity contribution in [2.24, 2.45) is 15.9 Å². The van der Waals surface area contributed by atoms with Gasteiger partial charge in [0.2, 0.25) is 0 Å². The zero-order chi connectivity index (χ0) is 24.2. The molecule has 2 aromatic heterocycles. The molecule has 0 aliphatic heterocycles. The number of nitrogens with two attached hydrogens (primary N) is 2. The van der Waals surface area contributed by atoms with Gasteiger partial charge in [-0.15, -0.1) is 0 Å². The number of nitrogens with zero attached hydrogens (tertiary/aromatic N) is 7. The summed E-state index contributed by atoms with van der Waals surface area (Å²) in [6.07, 6.45) is 3.02. The number of halogens is 1. The lowest BCUT2D eigenvalue weighted by molar-refractivity contribution is 0.151. The third-order valence-electron chi connectivity index (χ3n) is 5.07. The molecule has 0 atom stereocenters. The van der Waals surface area contributed by atoms with Gasteiger partial charge in [-0.1, -0.05) is 12.1 Å². The number of anilines is 1. The van der Waals surface area contributed by atoms with Crippen molar-refractivity contribution in [3.8, 4) is 17.5 Å². The van der Waals surface area contributed by atoms with Gasteiger partial charge in [0.25, 0.3) is 0 Å². The lowest BCUT2D eigenvalue weighted by atomic mass is 10.0. The van der Waals surface area contributed by atoms with E-state index in [0.29, 0.717) is 22.4 Å². The van der Waals surface area contributed by atoms with E-state index in [1.165, 1.54) is 6.21 Å². The molecule has 170 valence electrons. The molecule has 0 amide bonds. The standard InChI is InChI=1S/C22H24FN9O/c1-13-14(9-24)5-4-6-16(13)21-28-19(18(23)20(25)29-21)17(30-26)11-27-10-15-7-8-32(31-15)22(2,3)12-33/h4-8,11,33H,10,12,26H2,1-3H3,(H2,25,28,29). The Morgan fingerprint density at radius 2 is 2.09 bits per heavy atom. The van der Waals surface area contributed by atoms with E-state index >= 15 is 0 Å². The Morgan fingerprint density at radius 3 is 2.76 bits per heavy atom. The van der Waals surface area contributed by atoms with E-state index in [0.717, 1.165) is 0 Å². The highest BCUT2D eigenvalue weighted by atomic mass is 19.1. The van der Waals surface area contributed by atoms with Crippen LogP contribution in [0.25, 0.3) is 11.4 Å². The van der Waals surface area contributed by atoms with Gasteiger partial charge in [0.05, 0.1) is 42.2 Å². The maximum atomic E-state index is 14.8. The summed E-state index contributed by atoms with van der Waals surface area (Å²) >= 11 is 0. The van der Waals surface area contributed by atoms with Gasteiger partial charge < -0.3 is 16.7 Å². The Bertz CT molecular complexity index is 1270. The van der Waals surface area contributed by atoms with Gasteiger partial charge in [-0.3, -0.25) is 9.67 Å². The van der Waals surface area contributed by atoms with Crippen LogP contribution in [0.3, 0.4) is 0 Å². The lowest BCUT2D eigenvalue weighted by Gasteiger charge is -2.22. The van der Waals surface area contributed by atoms with Crippen LogP contribution in [0, 0.1) is 24.1 Å². The maximum Gasteiger partial charge on any atom is 0.193 e. The minimum absolute atomic E-state index is 0.0351. The molecule has 0 unspecified atom stereocenters. The van der Waals surface area contributed by atoms with Crippen LogP contribution in [0.2, 0.25) is 0 Å². The molecular formula is C22H24FN9O. The van der Waals surface area contributed by atoms with E-state index in [1.807, 2.05) is 13.8 Å². The monoisotopic (exact) mass is 449 g/mol. The molecule has 33 heavy (non-hydrogen) atoms. The summed E-state index contributed by atoms with van der Waals surface area (Å²) in [6.45, 7) is 5.54. The average Bonchev–Trinajstić information content (AvgIpc) is 3.29. The zero-order valence-corrected chi connectivity index (χ0v) is 18.5. The van der Waals surface area contributed by atoms with Gasteiger partial charge in [0.1, 0.15) is 11.4 Å². The van der Waals surface area contributed by atoms with Gasteiger partial charge in [-0.05, 0) is 38.5 Å². The van der Waals surface area contributed by atoms with Crippen LogP contribution in [-0.4, -0.2) is 43.4 Å². The summed E-state index contributed by atoms with van der Waals surface area (Å²) < 4.78 is 16.4. The molecule has 10 nitrogen and oxygen atoms in total. The van der Waals surface area contributed by atoms with Crippen LogP contribution in [0.1, 0.15) is 36.4 Å². The Morgan fingerprint density at radius 1 is 1.33 bits per heavy atom. The predicted molar refractivity (Wildman–Crippen MR) is 123 cm³/mol. The predicted octanol–water partition coefficient (Wildman–Crippen LogP) is 1.90. The Labute approximate surface area is 190 Å². The highest BCUT2D eigenvalue weighted by Crippen LogP contribution is 2.25. The van der Waals surface area contributed by atoms with Crippen molar-refractivity contribution in [3.63, 3.8) is 0 Å². The quantitative estimate of drug-likeness (QED) is 0.281. The number of hydrogen-bond donors (Lipinski definition) is 3. The fourth-order valence-electron chi connectivity index (χ4n) is 2.99. The normalized spacial score (nSPS) is 12.3. The van der Waals surface area contributed by atoms with Crippen LogP contribution in [0.15, 0.2) is 40.6 Å². The van der Waals surface area contributed by atoms with E-state index in [1.54, 1.807) is 42.1 Å². The Hall–Kier alpha value is -4.17. The summed E-state index contributed by atoms with van der Waals surface area (Å²) in [4.78, 5) is 12.5. The largest absolute Gasteiger partial charge is 0.394 e. The summed E-state index contributed by atoms with van der Waals surface area (Å²) in [5, 5.41) is 26.7. The molecule has 11 heteroatoms. The first kappa shape index (κ1) is 23.5. The van der Waals surface area contributed by atoms with Crippen molar-refractivity contribution in [3.05, 3.63) is 58.8 Å². The van der Waals surface area contributed by atoms with Crippen LogP contribution < -0.4 is 11.6 Å². The molecule has 0 spiro atoms. The summed E-state index contributed by atoms with van der Waals surface area (Å²) in [5.41, 5.74) is 7.24. The molecule has 2 heterocycles. The first-order chi connectivity index (χ1) is 15.7. The molecule has 0 saturated carbocycles. The fourth-order valence-corrected chi connectivity index (χ4v) is 2.99. The van der Waals surface area contributed by atoms with Crippen molar-refractivity contribution >= 4 is 17.7 Å². The van der Waals surface area contributed by atoms with Crippen molar-refractivity contribution in [2.45, 2.75) is 32.9 Å². The zero-order valence-electron chi connectivity index (χ0n) is 18.5. The summed E-state index contributed by atoms with van der Waals surface area (Å²) in [5.74, 6) is 4.37. The highest BCUT2D eigenvalue weighted by molar-refractivity contribution is 6.37. The van der Waals surface area contributed by atoms with Gasteiger partial charge in [-0.2, -0.15) is 15.5 Å². The SMILES string of the molecule is Cc1c(C#N)cccc1-c1nc(N)c(F)c(C(C=NCc2ccn(C(C)(C)CO)n2)=NN)n1. The second-order valence-electron chi connectivity index (χ2n) is 7.89. The highest BCUT2D eigenvalue weighted by Gasteiger charge is 2.20. The molecule has 5 N–H and O–H groups in total. The van der Waals surface area contributed by atoms with Crippen molar-refractivity contribution in [1.82, 2.24) is 19.7 Å². The van der Waals surface area contributed by atoms with E-state index in [-0.39, 0.29) is 36.2 Å². The first-order valence-corrected chi connectivity index (χ1v) is 9.99. The van der Waals surface area contributed by atoms with Gasteiger partial charge in [0, 0.05) is 11.8 Å². The number of aliphatic hydroxyl groups excluding tert-OH is 1. The first-order valence-electron chi connectivity index (χ1n) is 9.99. The molecule has 0 radical (unpaired) electrons. The van der Waals surface area contributed by atoms with Gasteiger partial charge in [-0.25, -0.2) is 14.4 Å². The van der Waals surface area contributed by atoms with Gasteiger partial charge >= 0.3 is 0 Å². The topological polar surface area (TPSA) is 164 Å². The molecule has 3 rings (SSSR count). The van der Waals surface area contributed by atoms with E-state index < -0.39 is 11.4 Å². The minimum Gasteiger partial charge on any atom is -0.394 e. The van der Waals surface area contributed by atoms with Crippen molar-refractivity contribution in [2.75, 3.05) is 12.3 Å². The maximum absolute atomic E-state index is 14.8. The smallest absolute Gasteiger partial charge is 0.193 e. The number of hydrazone groups is 1. The third-order valence-corrected chi connectivity index (χ3v) is 5.07. The van der Waals surface area contributed by atoms with Crippen LogP contribution in [0.5, 0.6) is 0 Å². The summed E-state index contributed by atoms with van der Waals surface area (Å²) in [7, 11) is 0. The molecule has 0 bridgehead atoms. The second-order valence-corrected chi connectivity index (χ2v) is 7.89. The van der Waals surface area contributed by atoms with Crippen LogP contribution in [-0.2, 0) is 12.1 Å². The van der Waals surface area contributed by atoms with E-state index in [4.69, 9.17) is 11.6 Å². The second kappa shape index (κ2) is 9.54. The number of aromatic nitrogens is 4. The van der Waals surface area contributed by atoms with Crippen molar-refractivity contribution in [1.29, 1.82) is 5.26 Å². The number of nitrogen functional groups attached to an aromatic ring is 1.